The molecule has 0 amide bonds. The Bertz CT molecular complexity index is 792. The molecule has 0 bridgehead atoms. The molecular formula is C18H25N3O3S. The van der Waals surface area contributed by atoms with Gasteiger partial charge in [0, 0.05) is 12.2 Å². The summed E-state index contributed by atoms with van der Waals surface area (Å²) in [6.07, 6.45) is 3.77. The first kappa shape index (κ1) is 17.9. The number of benzene rings is 1. The largest absolute Gasteiger partial charge is 0.497 e. The molecule has 0 radical (unpaired) electrons. The molecule has 2 aliphatic heterocycles. The van der Waals surface area contributed by atoms with E-state index in [4.69, 9.17) is 4.74 Å². The highest BCUT2D eigenvalue weighted by atomic mass is 32.2. The van der Waals surface area contributed by atoms with E-state index in [9.17, 15) is 8.42 Å². The summed E-state index contributed by atoms with van der Waals surface area (Å²) in [7, 11) is -1.75. The summed E-state index contributed by atoms with van der Waals surface area (Å²) in [4.78, 5) is 6.24. The van der Waals surface area contributed by atoms with Crippen LogP contribution in [0.1, 0.15) is 26.3 Å². The van der Waals surface area contributed by atoms with Crippen molar-refractivity contribution in [2.45, 2.75) is 33.4 Å². The molecule has 0 spiro atoms. The van der Waals surface area contributed by atoms with Gasteiger partial charge in [0.2, 0.25) is 10.0 Å². The Labute approximate surface area is 149 Å². The second-order valence-electron chi connectivity index (χ2n) is 7.56. The average Bonchev–Trinajstić information content (AvgIpc) is 2.54. The zero-order valence-corrected chi connectivity index (χ0v) is 16.0. The predicted molar refractivity (Wildman–Crippen MR) is 98.8 cm³/mol. The SMILES string of the molecule is COc1ccc(CN2CC3=CC(C(C)(C)C)N=CN3CS2(=O)=O)cc1. The number of hydrogen-bond acceptors (Lipinski definition) is 5. The Balaban J connectivity index is 1.81. The maximum atomic E-state index is 12.6. The van der Waals surface area contributed by atoms with Gasteiger partial charge in [-0.3, -0.25) is 4.99 Å². The third-order valence-electron chi connectivity index (χ3n) is 4.53. The normalized spacial score (nSPS) is 23.1. The third-order valence-corrected chi connectivity index (χ3v) is 6.17. The molecular weight excluding hydrogens is 338 g/mol. The van der Waals surface area contributed by atoms with Crippen LogP contribution >= 0.6 is 0 Å². The Morgan fingerprint density at radius 2 is 1.92 bits per heavy atom. The molecule has 136 valence electrons. The highest BCUT2D eigenvalue weighted by Gasteiger charge is 2.36. The van der Waals surface area contributed by atoms with Crippen molar-refractivity contribution < 1.29 is 13.2 Å². The van der Waals surface area contributed by atoms with Crippen LogP contribution in [0.2, 0.25) is 0 Å². The van der Waals surface area contributed by atoms with E-state index in [1.54, 1.807) is 18.3 Å². The first-order valence-corrected chi connectivity index (χ1v) is 9.91. The Morgan fingerprint density at radius 1 is 1.24 bits per heavy atom. The van der Waals surface area contributed by atoms with Crippen LogP contribution < -0.4 is 4.74 Å². The molecule has 0 aromatic heterocycles. The number of methoxy groups -OCH3 is 1. The minimum Gasteiger partial charge on any atom is -0.497 e. The summed E-state index contributed by atoms with van der Waals surface area (Å²) in [5, 5.41) is 0. The molecule has 1 fully saturated rings. The fraction of sp³-hybridized carbons (Fsp3) is 0.500. The van der Waals surface area contributed by atoms with Crippen molar-refractivity contribution in [2.75, 3.05) is 19.5 Å². The Hall–Kier alpha value is -1.86. The van der Waals surface area contributed by atoms with Crippen LogP contribution in [0.15, 0.2) is 41.0 Å². The van der Waals surface area contributed by atoms with E-state index in [2.05, 4.69) is 31.8 Å². The number of rotatable bonds is 3. The van der Waals surface area contributed by atoms with E-state index >= 15 is 0 Å². The van der Waals surface area contributed by atoms with Gasteiger partial charge >= 0.3 is 0 Å². The van der Waals surface area contributed by atoms with Crippen LogP contribution in [0.4, 0.5) is 0 Å². The van der Waals surface area contributed by atoms with Crippen molar-refractivity contribution >= 4 is 16.4 Å². The van der Waals surface area contributed by atoms with Crippen LogP contribution in [0, 0.1) is 5.41 Å². The standard InChI is InChI=1S/C18H25N3O3S/c1-18(2,3)17-9-15-11-21(25(22,23)13-20(15)12-19-17)10-14-5-7-16(24-4)8-6-14/h5-9,12,17H,10-11,13H2,1-4H3. The van der Waals surface area contributed by atoms with Crippen molar-refractivity contribution in [2.24, 2.45) is 10.4 Å². The van der Waals surface area contributed by atoms with Gasteiger partial charge in [0.25, 0.3) is 0 Å². The van der Waals surface area contributed by atoms with Crippen LogP contribution in [0.3, 0.4) is 0 Å². The first-order valence-electron chi connectivity index (χ1n) is 8.30. The highest BCUT2D eigenvalue weighted by Crippen LogP contribution is 2.30. The summed E-state index contributed by atoms with van der Waals surface area (Å²) in [5.41, 5.74) is 1.95. The molecule has 1 aromatic carbocycles. The number of aliphatic imine (C=N–C) groups is 1. The number of nitrogens with zero attached hydrogens (tertiary/aromatic N) is 3. The van der Waals surface area contributed by atoms with Gasteiger partial charge in [-0.25, -0.2) is 8.42 Å². The molecule has 0 aliphatic carbocycles. The van der Waals surface area contributed by atoms with Crippen LogP contribution in [-0.4, -0.2) is 49.5 Å². The van der Waals surface area contributed by atoms with Gasteiger partial charge in [0.1, 0.15) is 11.6 Å². The van der Waals surface area contributed by atoms with Crippen LogP contribution in [0.5, 0.6) is 5.75 Å². The first-order chi connectivity index (χ1) is 11.7. The smallest absolute Gasteiger partial charge is 0.233 e. The van der Waals surface area contributed by atoms with Gasteiger partial charge in [0.05, 0.1) is 26.0 Å². The molecule has 1 saturated heterocycles. The fourth-order valence-corrected chi connectivity index (χ4v) is 4.33. The number of sulfonamides is 1. The summed E-state index contributed by atoms with van der Waals surface area (Å²) in [6.45, 7) is 7.13. The van der Waals surface area contributed by atoms with E-state index in [0.717, 1.165) is 17.0 Å². The number of hydrogen-bond donors (Lipinski definition) is 0. The highest BCUT2D eigenvalue weighted by molar-refractivity contribution is 7.89. The monoisotopic (exact) mass is 363 g/mol. The lowest BCUT2D eigenvalue weighted by Gasteiger charge is -2.39. The summed E-state index contributed by atoms with van der Waals surface area (Å²) < 4.78 is 31.9. The lowest BCUT2D eigenvalue weighted by Crippen LogP contribution is -2.49. The van der Waals surface area contributed by atoms with Crippen molar-refractivity contribution in [3.05, 3.63) is 41.6 Å². The van der Waals surface area contributed by atoms with E-state index in [1.807, 2.05) is 24.3 Å². The summed E-state index contributed by atoms with van der Waals surface area (Å²) in [6, 6.07) is 7.55. The van der Waals surface area contributed by atoms with Gasteiger partial charge in [-0.1, -0.05) is 32.9 Å². The lowest BCUT2D eigenvalue weighted by molar-refractivity contribution is 0.328. The topological polar surface area (TPSA) is 62.2 Å². The molecule has 6 nitrogen and oxygen atoms in total. The zero-order valence-electron chi connectivity index (χ0n) is 15.1. The van der Waals surface area contributed by atoms with Crippen molar-refractivity contribution in [3.8, 4) is 5.75 Å². The molecule has 3 rings (SSSR count). The van der Waals surface area contributed by atoms with Crippen LogP contribution in [-0.2, 0) is 16.6 Å². The van der Waals surface area contributed by atoms with E-state index in [0.29, 0.717) is 13.1 Å². The molecule has 1 aromatic rings. The van der Waals surface area contributed by atoms with Crippen molar-refractivity contribution in [1.82, 2.24) is 9.21 Å². The molecule has 0 N–H and O–H groups in total. The summed E-state index contributed by atoms with van der Waals surface area (Å²) in [5.74, 6) is 0.700. The van der Waals surface area contributed by atoms with E-state index in [-0.39, 0.29) is 17.3 Å². The molecule has 2 heterocycles. The Kier molecular flexibility index (Phi) is 4.64. The van der Waals surface area contributed by atoms with Gasteiger partial charge in [-0.05, 0) is 29.2 Å². The maximum absolute atomic E-state index is 12.6. The third kappa shape index (κ3) is 3.88. The molecule has 25 heavy (non-hydrogen) atoms. The minimum absolute atomic E-state index is 0.00667. The van der Waals surface area contributed by atoms with Gasteiger partial charge < -0.3 is 9.64 Å². The van der Waals surface area contributed by atoms with Crippen LogP contribution in [0.25, 0.3) is 0 Å². The lowest BCUT2D eigenvalue weighted by atomic mass is 9.86. The van der Waals surface area contributed by atoms with Gasteiger partial charge in [-0.2, -0.15) is 4.31 Å². The van der Waals surface area contributed by atoms with Gasteiger partial charge in [0.15, 0.2) is 0 Å². The van der Waals surface area contributed by atoms with Gasteiger partial charge in [-0.15, -0.1) is 0 Å². The van der Waals surface area contributed by atoms with E-state index in [1.165, 1.54) is 4.31 Å². The second-order valence-corrected chi connectivity index (χ2v) is 9.50. The van der Waals surface area contributed by atoms with Crippen molar-refractivity contribution in [1.29, 1.82) is 0 Å². The predicted octanol–water partition coefficient (Wildman–Crippen LogP) is 2.44. The zero-order chi connectivity index (χ0) is 18.2. The quantitative estimate of drug-likeness (QED) is 0.827. The number of fused-ring (bicyclic) bond motifs is 1. The molecule has 1 unspecified atom stereocenters. The fourth-order valence-electron chi connectivity index (χ4n) is 2.91. The van der Waals surface area contributed by atoms with E-state index < -0.39 is 10.0 Å². The molecule has 1 atom stereocenters. The molecule has 7 heteroatoms. The second kappa shape index (κ2) is 6.46. The molecule has 2 aliphatic rings. The van der Waals surface area contributed by atoms with Crippen molar-refractivity contribution in [3.63, 3.8) is 0 Å². The molecule has 0 saturated carbocycles. The maximum Gasteiger partial charge on any atom is 0.233 e. The summed E-state index contributed by atoms with van der Waals surface area (Å²) >= 11 is 0. The Morgan fingerprint density at radius 3 is 2.52 bits per heavy atom. The average molecular weight is 363 g/mol. The number of ether oxygens (including phenoxy) is 1. The minimum atomic E-state index is -3.36.